The first-order chi connectivity index (χ1) is 12.5. The first-order valence-corrected chi connectivity index (χ1v) is 8.49. The molecule has 0 fully saturated rings. The fourth-order valence-corrected chi connectivity index (χ4v) is 2.70. The van der Waals surface area contributed by atoms with Gasteiger partial charge < -0.3 is 25.4 Å². The van der Waals surface area contributed by atoms with Crippen LogP contribution in [0.5, 0.6) is 5.75 Å². The van der Waals surface area contributed by atoms with E-state index in [4.69, 9.17) is 15.2 Å². The van der Waals surface area contributed by atoms with Crippen LogP contribution in [0.25, 0.3) is 0 Å². The van der Waals surface area contributed by atoms with Crippen molar-refractivity contribution in [2.24, 2.45) is 10.7 Å². The van der Waals surface area contributed by atoms with Gasteiger partial charge in [-0.05, 0) is 37.9 Å². The minimum atomic E-state index is 0. The Labute approximate surface area is 178 Å². The zero-order valence-electron chi connectivity index (χ0n) is 16.3. The topological polar surface area (TPSA) is 72.1 Å². The third-order valence-electron chi connectivity index (χ3n) is 4.12. The highest BCUT2D eigenvalue weighted by atomic mass is 127. The van der Waals surface area contributed by atoms with Crippen LogP contribution in [-0.4, -0.2) is 45.7 Å². The molecule has 0 bridgehead atoms. The molecule has 1 unspecified atom stereocenters. The number of anilines is 1. The van der Waals surface area contributed by atoms with Crippen molar-refractivity contribution >= 4 is 35.6 Å². The monoisotopic (exact) mass is 484 g/mol. The molecule has 148 valence electrons. The molecule has 0 heterocycles. The lowest BCUT2D eigenvalue weighted by Gasteiger charge is -2.23. The molecule has 27 heavy (non-hydrogen) atoms. The maximum Gasteiger partial charge on any atom is 0.193 e. The maximum atomic E-state index is 6.11. The maximum absolute atomic E-state index is 6.11. The second kappa shape index (κ2) is 11.8. The van der Waals surface area contributed by atoms with Crippen LogP contribution in [0, 0.1) is 0 Å². The molecule has 3 N–H and O–H groups in total. The van der Waals surface area contributed by atoms with E-state index in [1.807, 2.05) is 56.6 Å². The Kier molecular flexibility index (Phi) is 10.1. The molecule has 0 aliphatic carbocycles. The molecule has 0 saturated carbocycles. The van der Waals surface area contributed by atoms with E-state index in [-0.39, 0.29) is 30.0 Å². The summed E-state index contributed by atoms with van der Waals surface area (Å²) in [6, 6.07) is 16.0. The van der Waals surface area contributed by atoms with Crippen LogP contribution in [0.4, 0.5) is 5.69 Å². The molecule has 2 aromatic rings. The Morgan fingerprint density at radius 1 is 1.15 bits per heavy atom. The largest absolute Gasteiger partial charge is 0.497 e. The summed E-state index contributed by atoms with van der Waals surface area (Å²) in [6.07, 6.45) is 0. The molecule has 2 aromatic carbocycles. The number of nitrogens with zero attached hydrogens (tertiary/aromatic N) is 2. The molecule has 0 spiro atoms. The number of hydrogen-bond donors (Lipinski definition) is 2. The van der Waals surface area contributed by atoms with Gasteiger partial charge in [-0.25, -0.2) is 0 Å². The molecule has 2 rings (SSSR count). The van der Waals surface area contributed by atoms with E-state index in [2.05, 4.69) is 21.3 Å². The van der Waals surface area contributed by atoms with Crippen LogP contribution in [0.1, 0.15) is 17.2 Å². The summed E-state index contributed by atoms with van der Waals surface area (Å²) < 4.78 is 10.5. The number of rotatable bonds is 8. The highest BCUT2D eigenvalue weighted by Crippen LogP contribution is 2.23. The van der Waals surface area contributed by atoms with E-state index >= 15 is 0 Å². The van der Waals surface area contributed by atoms with Crippen molar-refractivity contribution in [1.29, 1.82) is 0 Å². The lowest BCUT2D eigenvalue weighted by Crippen LogP contribution is -2.27. The molecular formula is C20H29IN4O2. The van der Waals surface area contributed by atoms with Crippen molar-refractivity contribution in [3.05, 3.63) is 59.7 Å². The van der Waals surface area contributed by atoms with Gasteiger partial charge in [0.15, 0.2) is 5.96 Å². The smallest absolute Gasteiger partial charge is 0.193 e. The number of aliphatic imine (C=N–C) groups is 1. The molecule has 0 radical (unpaired) electrons. The first-order valence-electron chi connectivity index (χ1n) is 8.49. The Morgan fingerprint density at radius 2 is 1.89 bits per heavy atom. The van der Waals surface area contributed by atoms with Gasteiger partial charge in [0.2, 0.25) is 0 Å². The fourth-order valence-electron chi connectivity index (χ4n) is 2.70. The molecule has 0 aliphatic heterocycles. The van der Waals surface area contributed by atoms with Gasteiger partial charge in [0, 0.05) is 18.4 Å². The van der Waals surface area contributed by atoms with Crippen molar-refractivity contribution in [1.82, 2.24) is 4.90 Å². The number of nitrogens with one attached hydrogen (secondary N) is 1. The lowest BCUT2D eigenvalue weighted by atomic mass is 10.1. The zero-order chi connectivity index (χ0) is 18.9. The van der Waals surface area contributed by atoms with Gasteiger partial charge >= 0.3 is 0 Å². The summed E-state index contributed by atoms with van der Waals surface area (Å²) in [5.41, 5.74) is 9.17. The fraction of sp³-hybridized carbons (Fsp3) is 0.350. The van der Waals surface area contributed by atoms with Gasteiger partial charge in [-0.2, -0.15) is 0 Å². The molecule has 0 aromatic heterocycles. The number of guanidine groups is 1. The van der Waals surface area contributed by atoms with Gasteiger partial charge in [-0.1, -0.05) is 30.3 Å². The summed E-state index contributed by atoms with van der Waals surface area (Å²) in [7, 11) is 7.39. The number of methoxy groups -OCH3 is 2. The SMILES string of the molecule is COCc1ccccc1NC(N)=NCC(c1cccc(OC)c1)N(C)C.I. The van der Waals surface area contributed by atoms with Crippen molar-refractivity contribution < 1.29 is 9.47 Å². The molecule has 0 amide bonds. The third-order valence-corrected chi connectivity index (χ3v) is 4.12. The number of benzene rings is 2. The minimum Gasteiger partial charge on any atom is -0.497 e. The summed E-state index contributed by atoms with van der Waals surface area (Å²) >= 11 is 0. The lowest BCUT2D eigenvalue weighted by molar-refractivity contribution is 0.185. The van der Waals surface area contributed by atoms with Crippen LogP contribution in [0.2, 0.25) is 0 Å². The second-order valence-corrected chi connectivity index (χ2v) is 6.20. The normalized spacial score (nSPS) is 12.4. The Balaban J connectivity index is 0.00000364. The van der Waals surface area contributed by atoms with E-state index < -0.39 is 0 Å². The van der Waals surface area contributed by atoms with Crippen molar-refractivity contribution in [2.45, 2.75) is 12.6 Å². The number of nitrogens with two attached hydrogens (primary N) is 1. The van der Waals surface area contributed by atoms with Crippen LogP contribution >= 0.6 is 24.0 Å². The van der Waals surface area contributed by atoms with E-state index in [0.717, 1.165) is 22.6 Å². The highest BCUT2D eigenvalue weighted by molar-refractivity contribution is 14.0. The molecule has 1 atom stereocenters. The third kappa shape index (κ3) is 7.00. The van der Waals surface area contributed by atoms with Crippen LogP contribution in [-0.2, 0) is 11.3 Å². The van der Waals surface area contributed by atoms with Crippen molar-refractivity contribution in [3.63, 3.8) is 0 Å². The Bertz CT molecular complexity index is 737. The van der Waals surface area contributed by atoms with E-state index in [9.17, 15) is 0 Å². The van der Waals surface area contributed by atoms with Crippen LogP contribution in [0.3, 0.4) is 0 Å². The first kappa shape index (κ1) is 23.2. The minimum absolute atomic E-state index is 0. The molecule has 7 heteroatoms. The number of ether oxygens (including phenoxy) is 2. The summed E-state index contributed by atoms with van der Waals surface area (Å²) in [5, 5.41) is 3.17. The number of likely N-dealkylation sites (N-methyl/N-ethyl adjacent to an activating group) is 1. The summed E-state index contributed by atoms with van der Waals surface area (Å²) in [5.74, 6) is 1.21. The summed E-state index contributed by atoms with van der Waals surface area (Å²) in [4.78, 5) is 6.65. The standard InChI is InChI=1S/C20H28N4O2.HI/c1-24(2)19(15-9-7-10-17(12-15)26-4)13-22-20(21)23-18-11-6-5-8-16(18)14-25-3;/h5-12,19H,13-14H2,1-4H3,(H3,21,22,23);1H. The van der Waals surface area contributed by atoms with E-state index in [1.165, 1.54) is 0 Å². The van der Waals surface area contributed by atoms with E-state index in [0.29, 0.717) is 19.1 Å². The summed E-state index contributed by atoms with van der Waals surface area (Å²) in [6.45, 7) is 1.05. The van der Waals surface area contributed by atoms with Gasteiger partial charge in [0.1, 0.15) is 5.75 Å². The molecule has 0 saturated heterocycles. The second-order valence-electron chi connectivity index (χ2n) is 6.20. The van der Waals surface area contributed by atoms with Crippen molar-refractivity contribution in [3.8, 4) is 5.75 Å². The van der Waals surface area contributed by atoms with Crippen molar-refractivity contribution in [2.75, 3.05) is 40.2 Å². The van der Waals surface area contributed by atoms with E-state index in [1.54, 1.807) is 14.2 Å². The van der Waals surface area contributed by atoms with Gasteiger partial charge in [0.05, 0.1) is 26.3 Å². The number of para-hydroxylation sites is 1. The quantitative estimate of drug-likeness (QED) is 0.341. The Morgan fingerprint density at radius 3 is 2.56 bits per heavy atom. The van der Waals surface area contributed by atoms with Crippen LogP contribution in [0.15, 0.2) is 53.5 Å². The Hall–Kier alpha value is -1.84. The highest BCUT2D eigenvalue weighted by Gasteiger charge is 2.14. The number of halogens is 1. The number of hydrogen-bond acceptors (Lipinski definition) is 4. The predicted molar refractivity (Wildman–Crippen MR) is 122 cm³/mol. The average molecular weight is 484 g/mol. The van der Waals surface area contributed by atoms with Gasteiger partial charge in [0.25, 0.3) is 0 Å². The molecular weight excluding hydrogens is 455 g/mol. The average Bonchev–Trinajstić information content (AvgIpc) is 2.63. The van der Waals surface area contributed by atoms with Gasteiger partial charge in [-0.3, -0.25) is 4.99 Å². The zero-order valence-corrected chi connectivity index (χ0v) is 18.6. The predicted octanol–water partition coefficient (Wildman–Crippen LogP) is 3.49. The van der Waals surface area contributed by atoms with Gasteiger partial charge in [-0.15, -0.1) is 24.0 Å². The molecule has 6 nitrogen and oxygen atoms in total. The van der Waals surface area contributed by atoms with Crippen LogP contribution < -0.4 is 15.8 Å². The molecule has 0 aliphatic rings.